The molecule has 3 N–H and O–H groups in total. The monoisotopic (exact) mass is 197 g/mol. The van der Waals surface area contributed by atoms with E-state index < -0.39 is 0 Å². The van der Waals surface area contributed by atoms with Crippen LogP contribution in [0.15, 0.2) is 18.2 Å². The average molecular weight is 197 g/mol. The first-order chi connectivity index (χ1) is 6.22. The lowest BCUT2D eigenvalue weighted by Crippen LogP contribution is -2.18. The predicted octanol–water partition coefficient (Wildman–Crippen LogP) is 1.83. The molecule has 0 saturated carbocycles. The molecule has 1 unspecified atom stereocenters. The number of thioether (sulfide) groups is 1. The summed E-state index contributed by atoms with van der Waals surface area (Å²) in [6.45, 7) is 2.13. The molecule has 4 heteroatoms. The van der Waals surface area contributed by atoms with E-state index in [1.807, 2.05) is 23.9 Å². The van der Waals surface area contributed by atoms with Gasteiger partial charge in [-0.2, -0.15) is 11.8 Å². The number of pyridine rings is 1. The second-order valence-corrected chi connectivity index (χ2v) is 3.86. The normalized spacial score (nSPS) is 12.5. The summed E-state index contributed by atoms with van der Waals surface area (Å²) in [4.78, 5) is 4.15. The van der Waals surface area contributed by atoms with Crippen LogP contribution < -0.4 is 11.1 Å². The first kappa shape index (κ1) is 10.2. The predicted molar refractivity (Wildman–Crippen MR) is 60.1 cm³/mol. The number of rotatable bonds is 4. The van der Waals surface area contributed by atoms with Crippen LogP contribution in [0.5, 0.6) is 0 Å². The second-order valence-electron chi connectivity index (χ2n) is 2.95. The lowest BCUT2D eigenvalue weighted by molar-refractivity contribution is 0.904. The number of nitrogens with zero attached hydrogens (tertiary/aromatic N) is 1. The Balaban J connectivity index is 2.53. The summed E-state index contributed by atoms with van der Waals surface area (Å²) in [7, 11) is 0. The molecule has 1 rings (SSSR count). The summed E-state index contributed by atoms with van der Waals surface area (Å²) in [6.07, 6.45) is 2.09. The molecule has 0 aromatic carbocycles. The average Bonchev–Trinajstić information content (AvgIpc) is 2.04. The Morgan fingerprint density at radius 2 is 2.38 bits per heavy atom. The van der Waals surface area contributed by atoms with Crippen molar-refractivity contribution in [3.05, 3.63) is 18.2 Å². The van der Waals surface area contributed by atoms with Crippen molar-refractivity contribution < 1.29 is 0 Å². The minimum absolute atomic E-state index is 0.421. The van der Waals surface area contributed by atoms with Crippen molar-refractivity contribution >= 4 is 23.4 Å². The number of aromatic nitrogens is 1. The van der Waals surface area contributed by atoms with Crippen LogP contribution >= 0.6 is 11.8 Å². The summed E-state index contributed by atoms with van der Waals surface area (Å²) in [5, 5.41) is 3.27. The highest BCUT2D eigenvalue weighted by molar-refractivity contribution is 7.98. The van der Waals surface area contributed by atoms with Crippen molar-refractivity contribution in [2.75, 3.05) is 23.1 Å². The van der Waals surface area contributed by atoms with E-state index in [4.69, 9.17) is 5.73 Å². The van der Waals surface area contributed by atoms with E-state index in [0.717, 1.165) is 11.6 Å². The summed E-state index contributed by atoms with van der Waals surface area (Å²) < 4.78 is 0. The first-order valence-electron chi connectivity index (χ1n) is 4.20. The molecule has 0 radical (unpaired) electrons. The fourth-order valence-corrected chi connectivity index (χ4v) is 1.66. The highest BCUT2D eigenvalue weighted by Gasteiger charge is 2.01. The highest BCUT2D eigenvalue weighted by Crippen LogP contribution is 2.08. The molecule has 3 nitrogen and oxygen atoms in total. The van der Waals surface area contributed by atoms with Crippen LogP contribution in [-0.2, 0) is 0 Å². The van der Waals surface area contributed by atoms with E-state index in [9.17, 15) is 0 Å². The molecule has 13 heavy (non-hydrogen) atoms. The van der Waals surface area contributed by atoms with Crippen LogP contribution in [0, 0.1) is 0 Å². The van der Waals surface area contributed by atoms with Gasteiger partial charge in [-0.1, -0.05) is 6.07 Å². The Morgan fingerprint density at radius 3 is 3.00 bits per heavy atom. The number of hydrogen-bond donors (Lipinski definition) is 2. The van der Waals surface area contributed by atoms with Gasteiger partial charge in [-0.15, -0.1) is 0 Å². The number of hydrogen-bond acceptors (Lipinski definition) is 4. The van der Waals surface area contributed by atoms with E-state index in [1.165, 1.54) is 0 Å². The van der Waals surface area contributed by atoms with Crippen LogP contribution in [0.3, 0.4) is 0 Å². The molecule has 0 bridgehead atoms. The SMILES string of the molecule is CSCC(C)Nc1cccc(N)n1. The Bertz CT molecular complexity index is 265. The number of nitrogens with one attached hydrogen (secondary N) is 1. The Labute approximate surface area is 83.1 Å². The summed E-state index contributed by atoms with van der Waals surface area (Å²) >= 11 is 1.81. The number of nitrogen functional groups attached to an aromatic ring is 1. The largest absolute Gasteiger partial charge is 0.384 e. The second kappa shape index (κ2) is 4.97. The number of nitrogens with two attached hydrogens (primary N) is 1. The molecule has 0 spiro atoms. The Kier molecular flexibility index (Phi) is 3.89. The van der Waals surface area contributed by atoms with E-state index in [1.54, 1.807) is 6.07 Å². The van der Waals surface area contributed by atoms with Crippen molar-refractivity contribution in [1.29, 1.82) is 0 Å². The van der Waals surface area contributed by atoms with E-state index in [0.29, 0.717) is 11.9 Å². The molecular formula is C9H15N3S. The van der Waals surface area contributed by atoms with Gasteiger partial charge < -0.3 is 11.1 Å². The third kappa shape index (κ3) is 3.55. The molecule has 0 amide bonds. The molecule has 0 aliphatic carbocycles. The maximum absolute atomic E-state index is 5.55. The third-order valence-corrected chi connectivity index (χ3v) is 2.41. The van der Waals surface area contributed by atoms with E-state index in [2.05, 4.69) is 23.5 Å². The van der Waals surface area contributed by atoms with Crippen LogP contribution in [0.25, 0.3) is 0 Å². The van der Waals surface area contributed by atoms with Gasteiger partial charge in [0, 0.05) is 11.8 Å². The zero-order valence-electron chi connectivity index (χ0n) is 7.95. The molecule has 72 valence electrons. The van der Waals surface area contributed by atoms with Crippen molar-refractivity contribution in [3.63, 3.8) is 0 Å². The van der Waals surface area contributed by atoms with E-state index >= 15 is 0 Å². The van der Waals surface area contributed by atoms with Gasteiger partial charge >= 0.3 is 0 Å². The van der Waals surface area contributed by atoms with Gasteiger partial charge in [0.05, 0.1) is 0 Å². The maximum Gasteiger partial charge on any atom is 0.128 e. The fourth-order valence-electron chi connectivity index (χ4n) is 1.08. The fraction of sp³-hybridized carbons (Fsp3) is 0.444. The first-order valence-corrected chi connectivity index (χ1v) is 5.59. The van der Waals surface area contributed by atoms with Crippen LogP contribution in [0.2, 0.25) is 0 Å². The molecule has 0 aliphatic rings. The Hall–Kier alpha value is -0.900. The third-order valence-electron chi connectivity index (χ3n) is 1.58. The van der Waals surface area contributed by atoms with Crippen LogP contribution in [0.4, 0.5) is 11.6 Å². The molecular weight excluding hydrogens is 182 g/mol. The molecule has 0 fully saturated rings. The lowest BCUT2D eigenvalue weighted by Gasteiger charge is -2.12. The quantitative estimate of drug-likeness (QED) is 0.773. The van der Waals surface area contributed by atoms with E-state index in [-0.39, 0.29) is 0 Å². The summed E-state index contributed by atoms with van der Waals surface area (Å²) in [5.74, 6) is 2.47. The topological polar surface area (TPSA) is 50.9 Å². The molecule has 1 atom stereocenters. The molecule has 1 aromatic heterocycles. The number of anilines is 2. The molecule has 0 saturated heterocycles. The summed E-state index contributed by atoms with van der Waals surface area (Å²) in [5.41, 5.74) is 5.55. The molecule has 0 aliphatic heterocycles. The minimum atomic E-state index is 0.421. The van der Waals surface area contributed by atoms with Gasteiger partial charge in [-0.25, -0.2) is 4.98 Å². The van der Waals surface area contributed by atoms with Crippen LogP contribution in [-0.4, -0.2) is 23.0 Å². The Morgan fingerprint density at radius 1 is 1.62 bits per heavy atom. The maximum atomic E-state index is 5.55. The molecule has 1 heterocycles. The zero-order chi connectivity index (χ0) is 9.68. The lowest BCUT2D eigenvalue weighted by atomic mass is 10.3. The highest BCUT2D eigenvalue weighted by atomic mass is 32.2. The summed E-state index contributed by atoms with van der Waals surface area (Å²) in [6, 6.07) is 6.03. The van der Waals surface area contributed by atoms with Crippen molar-refractivity contribution in [1.82, 2.24) is 4.98 Å². The van der Waals surface area contributed by atoms with Gasteiger partial charge in [0.25, 0.3) is 0 Å². The van der Waals surface area contributed by atoms with Crippen molar-refractivity contribution in [2.45, 2.75) is 13.0 Å². The van der Waals surface area contributed by atoms with Crippen LogP contribution in [0.1, 0.15) is 6.92 Å². The standard InChI is InChI=1S/C9H15N3S/c1-7(6-13-2)11-9-5-3-4-8(10)12-9/h3-5,7H,6H2,1-2H3,(H3,10,11,12). The smallest absolute Gasteiger partial charge is 0.128 e. The van der Waals surface area contributed by atoms with Crippen molar-refractivity contribution in [2.24, 2.45) is 0 Å². The van der Waals surface area contributed by atoms with Gasteiger partial charge in [0.1, 0.15) is 11.6 Å². The van der Waals surface area contributed by atoms with Gasteiger partial charge in [-0.3, -0.25) is 0 Å². The van der Waals surface area contributed by atoms with Gasteiger partial charge in [-0.05, 0) is 25.3 Å². The van der Waals surface area contributed by atoms with Gasteiger partial charge in [0.15, 0.2) is 0 Å². The zero-order valence-corrected chi connectivity index (χ0v) is 8.77. The van der Waals surface area contributed by atoms with Gasteiger partial charge in [0.2, 0.25) is 0 Å². The minimum Gasteiger partial charge on any atom is -0.384 e. The van der Waals surface area contributed by atoms with Crippen molar-refractivity contribution in [3.8, 4) is 0 Å². The molecule has 1 aromatic rings.